The number of ether oxygens (including phenoxy) is 1. The molecule has 0 spiro atoms. The Morgan fingerprint density at radius 2 is 2.03 bits per heavy atom. The number of hydrogen-bond acceptors (Lipinski definition) is 6. The highest BCUT2D eigenvalue weighted by Crippen LogP contribution is 2.27. The first-order valence-corrected chi connectivity index (χ1v) is 12.2. The lowest BCUT2D eigenvalue weighted by molar-refractivity contribution is 0.0976. The monoisotopic (exact) mass is 503 g/mol. The molecule has 34 heavy (non-hydrogen) atoms. The van der Waals surface area contributed by atoms with Crippen molar-refractivity contribution < 1.29 is 9.53 Å². The van der Waals surface area contributed by atoms with Crippen molar-refractivity contribution in [3.8, 4) is 5.75 Å². The van der Waals surface area contributed by atoms with E-state index < -0.39 is 0 Å². The van der Waals surface area contributed by atoms with Crippen LogP contribution in [0.4, 0.5) is 5.82 Å². The van der Waals surface area contributed by atoms with Crippen LogP contribution in [0, 0.1) is 5.92 Å². The number of hydrazone groups is 1. The first-order valence-electron chi connectivity index (χ1n) is 11.4. The predicted molar refractivity (Wildman–Crippen MR) is 139 cm³/mol. The number of rotatable bonds is 9. The minimum Gasteiger partial charge on any atom is -0.493 e. The SMILES string of the molecule is C/C=C/C(=N\NCc1cc(Cl)ccc1OCC(C)C)NC(=O)c1cnc(N2CCCC2)c(Cl)c1. The summed E-state index contributed by atoms with van der Waals surface area (Å²) in [5.74, 6) is 1.88. The minimum absolute atomic E-state index is 0.343. The van der Waals surface area contributed by atoms with Crippen LogP contribution < -0.4 is 20.4 Å². The normalized spacial score (nSPS) is 14.2. The van der Waals surface area contributed by atoms with Gasteiger partial charge in [0.05, 0.1) is 23.7 Å². The standard InChI is InChI=1S/C25H31Cl2N5O2/c1-4-7-23(31-29-15-18-12-20(26)8-9-22(18)34-16-17(2)3)30-25(33)19-13-21(27)24(28-14-19)32-10-5-6-11-32/h4,7-9,12-14,17,29H,5-6,10-11,15-16H2,1-3H3,(H,30,31,33)/b7-4+. The van der Waals surface area contributed by atoms with E-state index in [2.05, 4.69) is 39.6 Å². The molecule has 1 aliphatic rings. The fraction of sp³-hybridized carbons (Fsp3) is 0.400. The largest absolute Gasteiger partial charge is 0.493 e. The number of hydrogen-bond donors (Lipinski definition) is 2. The molecular formula is C25H31Cl2N5O2. The van der Waals surface area contributed by atoms with Crippen LogP contribution in [0.1, 0.15) is 49.5 Å². The summed E-state index contributed by atoms with van der Waals surface area (Å²) < 4.78 is 5.88. The molecule has 0 radical (unpaired) electrons. The third-order valence-corrected chi connectivity index (χ3v) is 5.63. The zero-order valence-corrected chi connectivity index (χ0v) is 21.3. The highest BCUT2D eigenvalue weighted by atomic mass is 35.5. The van der Waals surface area contributed by atoms with Gasteiger partial charge in [-0.15, -0.1) is 0 Å². The lowest BCUT2D eigenvalue weighted by atomic mass is 10.2. The van der Waals surface area contributed by atoms with Crippen molar-refractivity contribution in [1.29, 1.82) is 0 Å². The summed E-state index contributed by atoms with van der Waals surface area (Å²) in [6.45, 7) is 8.87. The van der Waals surface area contributed by atoms with E-state index in [1.54, 1.807) is 30.5 Å². The number of amidine groups is 1. The molecule has 0 aliphatic carbocycles. The van der Waals surface area contributed by atoms with E-state index in [1.165, 1.54) is 0 Å². The number of aromatic nitrogens is 1. The Hall–Kier alpha value is -2.77. The van der Waals surface area contributed by atoms with Crippen LogP contribution in [0.15, 0.2) is 47.7 Å². The first kappa shape index (κ1) is 25.8. The molecule has 0 atom stereocenters. The Bertz CT molecular complexity index is 1050. The molecule has 1 aromatic carbocycles. The number of pyridine rings is 1. The third-order valence-electron chi connectivity index (χ3n) is 5.12. The van der Waals surface area contributed by atoms with E-state index in [0.717, 1.165) is 43.1 Å². The number of nitrogens with zero attached hydrogens (tertiary/aromatic N) is 3. The Morgan fingerprint density at radius 3 is 2.71 bits per heavy atom. The Morgan fingerprint density at radius 1 is 1.26 bits per heavy atom. The molecule has 0 bridgehead atoms. The highest BCUT2D eigenvalue weighted by molar-refractivity contribution is 6.33. The summed E-state index contributed by atoms with van der Waals surface area (Å²) in [5, 5.41) is 8.20. The molecular weight excluding hydrogens is 473 g/mol. The van der Waals surface area contributed by atoms with Crippen LogP contribution in [0.5, 0.6) is 5.75 Å². The maximum absolute atomic E-state index is 12.8. The zero-order valence-electron chi connectivity index (χ0n) is 19.8. The maximum Gasteiger partial charge on any atom is 0.258 e. The number of carbonyl (C=O) groups is 1. The van der Waals surface area contributed by atoms with E-state index in [1.807, 2.05) is 19.1 Å². The quantitative estimate of drug-likeness (QED) is 0.270. The van der Waals surface area contributed by atoms with Gasteiger partial charge in [-0.3, -0.25) is 4.79 Å². The zero-order chi connectivity index (χ0) is 24.5. The van der Waals surface area contributed by atoms with Crippen molar-refractivity contribution in [2.24, 2.45) is 11.0 Å². The number of halogens is 2. The van der Waals surface area contributed by atoms with Gasteiger partial charge >= 0.3 is 0 Å². The molecule has 0 unspecified atom stereocenters. The van der Waals surface area contributed by atoms with Gasteiger partial charge in [0.25, 0.3) is 5.91 Å². The molecule has 0 saturated carbocycles. The van der Waals surface area contributed by atoms with E-state index in [4.69, 9.17) is 27.9 Å². The molecule has 1 amide bonds. The van der Waals surface area contributed by atoms with Crippen LogP contribution in [0.3, 0.4) is 0 Å². The summed E-state index contributed by atoms with van der Waals surface area (Å²) in [7, 11) is 0. The fourth-order valence-electron chi connectivity index (χ4n) is 3.46. The van der Waals surface area contributed by atoms with E-state index in [0.29, 0.717) is 40.5 Å². The highest BCUT2D eigenvalue weighted by Gasteiger charge is 2.18. The summed E-state index contributed by atoms with van der Waals surface area (Å²) in [6, 6.07) is 7.12. The molecule has 2 N–H and O–H groups in total. The number of anilines is 1. The van der Waals surface area contributed by atoms with Crippen LogP contribution in [-0.2, 0) is 6.54 Å². The van der Waals surface area contributed by atoms with Crippen LogP contribution in [0.2, 0.25) is 10.0 Å². The number of amides is 1. The average molecular weight is 504 g/mol. The van der Waals surface area contributed by atoms with Gasteiger partial charge in [0.15, 0.2) is 5.84 Å². The first-order chi connectivity index (χ1) is 16.4. The van der Waals surface area contributed by atoms with Gasteiger partial charge in [-0.2, -0.15) is 5.10 Å². The number of nitrogens with one attached hydrogen (secondary N) is 2. The minimum atomic E-state index is -0.343. The van der Waals surface area contributed by atoms with Crippen molar-refractivity contribution in [2.45, 2.75) is 40.2 Å². The number of benzene rings is 1. The molecule has 2 aromatic rings. The molecule has 2 heterocycles. The molecule has 9 heteroatoms. The summed E-state index contributed by atoms with van der Waals surface area (Å²) in [5.41, 5.74) is 4.23. The second-order valence-electron chi connectivity index (χ2n) is 8.47. The van der Waals surface area contributed by atoms with Gasteiger partial charge in [0.2, 0.25) is 0 Å². The second kappa shape index (κ2) is 12.6. The van der Waals surface area contributed by atoms with Gasteiger partial charge in [0.1, 0.15) is 11.6 Å². The average Bonchev–Trinajstić information content (AvgIpc) is 3.33. The molecule has 1 aromatic heterocycles. The lowest BCUT2D eigenvalue weighted by Gasteiger charge is -2.18. The van der Waals surface area contributed by atoms with Gasteiger partial charge in [-0.1, -0.05) is 43.1 Å². The van der Waals surface area contributed by atoms with Crippen LogP contribution in [-0.4, -0.2) is 36.4 Å². The fourth-order valence-corrected chi connectivity index (χ4v) is 3.94. The summed E-state index contributed by atoms with van der Waals surface area (Å²) >= 11 is 12.6. The van der Waals surface area contributed by atoms with Crippen molar-refractivity contribution in [2.75, 3.05) is 24.6 Å². The van der Waals surface area contributed by atoms with Crippen molar-refractivity contribution >= 4 is 40.8 Å². The molecule has 1 fully saturated rings. The van der Waals surface area contributed by atoms with Gasteiger partial charge in [-0.05, 0) is 56.0 Å². The van der Waals surface area contributed by atoms with Crippen molar-refractivity contribution in [3.05, 3.63) is 63.8 Å². The molecule has 1 saturated heterocycles. The van der Waals surface area contributed by atoms with Crippen LogP contribution >= 0.6 is 23.2 Å². The third kappa shape index (κ3) is 7.37. The van der Waals surface area contributed by atoms with E-state index >= 15 is 0 Å². The number of allylic oxidation sites excluding steroid dienone is 1. The lowest BCUT2D eigenvalue weighted by Crippen LogP contribution is -2.31. The molecule has 3 rings (SSSR count). The van der Waals surface area contributed by atoms with Gasteiger partial charge in [-0.25, -0.2) is 4.98 Å². The Balaban J connectivity index is 1.66. The number of carbonyl (C=O) groups excluding carboxylic acids is 1. The van der Waals surface area contributed by atoms with Crippen molar-refractivity contribution in [3.63, 3.8) is 0 Å². The maximum atomic E-state index is 12.8. The van der Waals surface area contributed by atoms with Gasteiger partial charge < -0.3 is 20.4 Å². The Labute approximate surface area is 211 Å². The predicted octanol–water partition coefficient (Wildman–Crippen LogP) is 5.43. The van der Waals surface area contributed by atoms with E-state index in [-0.39, 0.29) is 5.91 Å². The summed E-state index contributed by atoms with van der Waals surface area (Å²) in [4.78, 5) is 19.3. The Kier molecular flexibility index (Phi) is 9.60. The topological polar surface area (TPSA) is 78.9 Å². The molecule has 7 nitrogen and oxygen atoms in total. The smallest absolute Gasteiger partial charge is 0.258 e. The van der Waals surface area contributed by atoms with Crippen molar-refractivity contribution in [1.82, 2.24) is 15.7 Å². The second-order valence-corrected chi connectivity index (χ2v) is 9.31. The molecule has 1 aliphatic heterocycles. The van der Waals surface area contributed by atoms with E-state index in [9.17, 15) is 4.79 Å². The summed E-state index contributed by atoms with van der Waals surface area (Å²) in [6.07, 6.45) is 7.28. The van der Waals surface area contributed by atoms with Gasteiger partial charge in [0, 0.05) is 29.9 Å². The molecule has 182 valence electrons. The van der Waals surface area contributed by atoms with Crippen LogP contribution in [0.25, 0.3) is 0 Å².